The fraction of sp³-hybridized carbons (Fsp3) is 0.235. The molecular weight excluding hydrogens is 390 g/mol. The highest BCUT2D eigenvalue weighted by atomic mass is 32.2. The molecule has 146 valence electrons. The number of pyridine rings is 1. The third-order valence-corrected chi connectivity index (χ3v) is 6.48. The van der Waals surface area contributed by atoms with E-state index in [4.69, 9.17) is 5.73 Å². The van der Waals surface area contributed by atoms with Crippen molar-refractivity contribution in [1.29, 1.82) is 0 Å². The molecule has 1 aliphatic heterocycles. The summed E-state index contributed by atoms with van der Waals surface area (Å²) in [4.78, 5) is 13.9. The Labute approximate surface area is 159 Å². The number of piperazine rings is 1. The van der Waals surface area contributed by atoms with E-state index in [1.54, 1.807) is 12.1 Å². The van der Waals surface area contributed by atoms with Gasteiger partial charge >= 0.3 is 0 Å². The molecule has 1 saturated heterocycles. The molecule has 4 rings (SSSR count). The molecule has 0 aliphatic carbocycles. The third-order valence-electron chi connectivity index (χ3n) is 4.55. The van der Waals surface area contributed by atoms with E-state index in [9.17, 15) is 17.2 Å². The minimum absolute atomic E-state index is 0.132. The second-order valence-corrected chi connectivity index (χ2v) is 8.18. The Morgan fingerprint density at radius 2 is 1.75 bits per heavy atom. The zero-order valence-electron chi connectivity index (χ0n) is 14.6. The Morgan fingerprint density at radius 3 is 2.46 bits per heavy atom. The zero-order chi connectivity index (χ0) is 19.9. The molecular formula is C17H16F2N6O2S. The van der Waals surface area contributed by atoms with Gasteiger partial charge in [0.25, 0.3) is 0 Å². The average Bonchev–Trinajstić information content (AvgIpc) is 2.67. The summed E-state index contributed by atoms with van der Waals surface area (Å²) in [5.41, 5.74) is 6.13. The number of fused-ring (bicyclic) bond motifs is 1. The molecule has 2 aromatic heterocycles. The SMILES string of the molecule is Nc1ccc2c(N3CCN(S(=O)(=O)c4ccc(F)cc4F)CC3)ncnc2n1. The van der Waals surface area contributed by atoms with Gasteiger partial charge in [0.15, 0.2) is 5.65 Å². The number of anilines is 2. The normalized spacial score (nSPS) is 15.9. The molecule has 28 heavy (non-hydrogen) atoms. The number of hydrogen-bond acceptors (Lipinski definition) is 7. The zero-order valence-corrected chi connectivity index (χ0v) is 15.4. The van der Waals surface area contributed by atoms with Gasteiger partial charge in [0.1, 0.15) is 34.5 Å². The number of nitrogen functional groups attached to an aromatic ring is 1. The van der Waals surface area contributed by atoms with Crippen molar-refractivity contribution in [2.24, 2.45) is 0 Å². The second-order valence-electron chi connectivity index (χ2n) is 6.27. The van der Waals surface area contributed by atoms with Gasteiger partial charge in [-0.1, -0.05) is 0 Å². The number of aromatic nitrogens is 3. The smallest absolute Gasteiger partial charge is 0.246 e. The Bertz CT molecular complexity index is 1150. The molecule has 0 amide bonds. The van der Waals surface area contributed by atoms with Crippen molar-refractivity contribution in [2.75, 3.05) is 36.8 Å². The van der Waals surface area contributed by atoms with Crippen LogP contribution < -0.4 is 10.6 Å². The quantitative estimate of drug-likeness (QED) is 0.701. The Morgan fingerprint density at radius 1 is 1.00 bits per heavy atom. The maximum atomic E-state index is 14.0. The van der Waals surface area contributed by atoms with E-state index in [2.05, 4.69) is 15.0 Å². The van der Waals surface area contributed by atoms with E-state index in [0.29, 0.717) is 41.8 Å². The fourth-order valence-electron chi connectivity index (χ4n) is 3.16. The van der Waals surface area contributed by atoms with Crippen LogP contribution in [-0.2, 0) is 10.0 Å². The summed E-state index contributed by atoms with van der Waals surface area (Å²) in [6.07, 6.45) is 1.38. The summed E-state index contributed by atoms with van der Waals surface area (Å²) in [5, 5.41) is 0.706. The van der Waals surface area contributed by atoms with Crippen LogP contribution in [0.4, 0.5) is 20.4 Å². The molecule has 0 spiro atoms. The molecule has 2 N–H and O–H groups in total. The lowest BCUT2D eigenvalue weighted by Gasteiger charge is -2.35. The van der Waals surface area contributed by atoms with Crippen LogP contribution in [0.5, 0.6) is 0 Å². The van der Waals surface area contributed by atoms with Crippen LogP contribution in [0.15, 0.2) is 41.6 Å². The number of rotatable bonds is 3. The highest BCUT2D eigenvalue weighted by Gasteiger charge is 2.31. The maximum Gasteiger partial charge on any atom is 0.246 e. The van der Waals surface area contributed by atoms with Crippen molar-refractivity contribution in [3.05, 3.63) is 48.3 Å². The van der Waals surface area contributed by atoms with Crippen molar-refractivity contribution in [2.45, 2.75) is 4.90 Å². The number of nitrogens with two attached hydrogens (primary N) is 1. The summed E-state index contributed by atoms with van der Waals surface area (Å²) in [7, 11) is -4.06. The van der Waals surface area contributed by atoms with Gasteiger partial charge in [-0.2, -0.15) is 4.31 Å². The van der Waals surface area contributed by atoms with Crippen LogP contribution in [0, 0.1) is 11.6 Å². The van der Waals surface area contributed by atoms with Crippen molar-refractivity contribution in [3.63, 3.8) is 0 Å². The third kappa shape index (κ3) is 3.22. The van der Waals surface area contributed by atoms with Crippen LogP contribution in [-0.4, -0.2) is 53.9 Å². The fourth-order valence-corrected chi connectivity index (χ4v) is 4.63. The standard InChI is InChI=1S/C17H16F2N6O2S/c18-11-1-3-14(13(19)9-11)28(26,27)25-7-5-24(6-8-25)17-12-2-4-15(20)23-16(12)21-10-22-17/h1-4,9-10H,5-8H2,(H2,20,21,22,23). The van der Waals surface area contributed by atoms with E-state index in [0.717, 1.165) is 12.1 Å². The molecule has 1 fully saturated rings. The first-order valence-electron chi connectivity index (χ1n) is 8.43. The number of halogens is 2. The van der Waals surface area contributed by atoms with Gasteiger partial charge in [0.05, 0.1) is 5.39 Å². The summed E-state index contributed by atoms with van der Waals surface area (Å²) in [6.45, 7) is 0.956. The van der Waals surface area contributed by atoms with Gasteiger partial charge in [-0.25, -0.2) is 32.2 Å². The van der Waals surface area contributed by atoms with Crippen molar-refractivity contribution < 1.29 is 17.2 Å². The minimum Gasteiger partial charge on any atom is -0.384 e. The minimum atomic E-state index is -4.06. The van der Waals surface area contributed by atoms with Gasteiger partial charge in [0, 0.05) is 32.2 Å². The van der Waals surface area contributed by atoms with Crippen LogP contribution in [0.25, 0.3) is 11.0 Å². The van der Waals surface area contributed by atoms with E-state index in [-0.39, 0.29) is 13.1 Å². The summed E-state index contributed by atoms with van der Waals surface area (Å²) in [5.74, 6) is -0.962. The van der Waals surface area contributed by atoms with E-state index in [1.165, 1.54) is 10.6 Å². The van der Waals surface area contributed by atoms with Crippen molar-refractivity contribution >= 4 is 32.7 Å². The summed E-state index contributed by atoms with van der Waals surface area (Å²) in [6, 6.07) is 5.85. The molecule has 1 aromatic carbocycles. The number of benzene rings is 1. The first-order valence-corrected chi connectivity index (χ1v) is 9.87. The molecule has 8 nitrogen and oxygen atoms in total. The maximum absolute atomic E-state index is 14.0. The Balaban J connectivity index is 1.57. The van der Waals surface area contributed by atoms with Gasteiger partial charge in [-0.15, -0.1) is 0 Å². The molecule has 3 aromatic rings. The highest BCUT2D eigenvalue weighted by Crippen LogP contribution is 2.26. The van der Waals surface area contributed by atoms with Gasteiger partial charge in [-0.3, -0.25) is 0 Å². The predicted molar refractivity (Wildman–Crippen MR) is 99.1 cm³/mol. The topological polar surface area (TPSA) is 105 Å². The molecule has 0 bridgehead atoms. The number of nitrogens with zero attached hydrogens (tertiary/aromatic N) is 5. The largest absolute Gasteiger partial charge is 0.384 e. The number of sulfonamides is 1. The molecule has 0 radical (unpaired) electrons. The lowest BCUT2D eigenvalue weighted by atomic mass is 10.2. The highest BCUT2D eigenvalue weighted by molar-refractivity contribution is 7.89. The van der Waals surface area contributed by atoms with E-state index >= 15 is 0 Å². The van der Waals surface area contributed by atoms with Gasteiger partial charge in [0.2, 0.25) is 10.0 Å². The summed E-state index contributed by atoms with van der Waals surface area (Å²) < 4.78 is 53.6. The lowest BCUT2D eigenvalue weighted by molar-refractivity contribution is 0.381. The first kappa shape index (κ1) is 18.4. The van der Waals surface area contributed by atoms with Crippen LogP contribution in [0.2, 0.25) is 0 Å². The van der Waals surface area contributed by atoms with E-state index < -0.39 is 26.6 Å². The molecule has 1 aliphatic rings. The van der Waals surface area contributed by atoms with Gasteiger partial charge < -0.3 is 10.6 Å². The first-order chi connectivity index (χ1) is 13.4. The lowest BCUT2D eigenvalue weighted by Crippen LogP contribution is -2.49. The number of hydrogen-bond donors (Lipinski definition) is 1. The van der Waals surface area contributed by atoms with Crippen LogP contribution in [0.1, 0.15) is 0 Å². The second kappa shape index (κ2) is 6.91. The van der Waals surface area contributed by atoms with Gasteiger partial charge in [-0.05, 0) is 24.3 Å². The Hall–Kier alpha value is -2.92. The van der Waals surface area contributed by atoms with Crippen molar-refractivity contribution in [1.82, 2.24) is 19.3 Å². The predicted octanol–water partition coefficient (Wildman–Crippen LogP) is 1.40. The summed E-state index contributed by atoms with van der Waals surface area (Å²) >= 11 is 0. The van der Waals surface area contributed by atoms with Crippen molar-refractivity contribution in [3.8, 4) is 0 Å². The Kier molecular flexibility index (Phi) is 4.55. The molecule has 0 atom stereocenters. The van der Waals surface area contributed by atoms with Crippen LogP contribution in [0.3, 0.4) is 0 Å². The average molecular weight is 406 g/mol. The molecule has 3 heterocycles. The van der Waals surface area contributed by atoms with E-state index in [1.807, 2.05) is 4.90 Å². The monoisotopic (exact) mass is 406 g/mol. The molecule has 0 saturated carbocycles. The molecule has 11 heteroatoms. The van der Waals surface area contributed by atoms with Crippen LogP contribution >= 0.6 is 0 Å². The molecule has 0 unspecified atom stereocenters.